The molecule has 0 saturated carbocycles. The van der Waals surface area contributed by atoms with Gasteiger partial charge in [-0.05, 0) is 94.8 Å². The second-order valence-corrected chi connectivity index (χ2v) is 12.2. The Morgan fingerprint density at radius 2 is 1.02 bits per heavy atom. The minimum atomic E-state index is -0.0378. The van der Waals surface area contributed by atoms with Crippen LogP contribution in [0.3, 0.4) is 0 Å². The predicted molar refractivity (Wildman–Crippen MR) is 180 cm³/mol. The molecule has 0 bridgehead atoms. The van der Waals surface area contributed by atoms with Crippen LogP contribution in [0, 0.1) is 13.8 Å². The number of rotatable bonds is 4. The van der Waals surface area contributed by atoms with Crippen molar-refractivity contribution in [1.82, 2.24) is 9.80 Å². The lowest BCUT2D eigenvalue weighted by atomic mass is 9.83. The molecule has 6 rings (SSSR count). The highest BCUT2D eigenvalue weighted by Gasteiger charge is 2.30. The summed E-state index contributed by atoms with van der Waals surface area (Å²) in [6.07, 6.45) is 2.76. The Bertz CT molecular complexity index is 1600. The molecule has 0 unspecified atom stereocenters. The van der Waals surface area contributed by atoms with Crippen molar-refractivity contribution in [3.05, 3.63) is 165 Å². The molecule has 2 aliphatic heterocycles. The molecule has 44 heavy (non-hydrogen) atoms. The quantitative estimate of drug-likeness (QED) is 0.214. The van der Waals surface area contributed by atoms with E-state index in [1.54, 1.807) is 0 Å². The van der Waals surface area contributed by atoms with Crippen LogP contribution in [0.1, 0.15) is 56.3 Å². The fourth-order valence-corrected chi connectivity index (χ4v) is 6.75. The SMILES string of the molecule is C=CC(=O)N1Cc2cc(Cl)ccc2[C@@H](c2ccccc2C)C1.C=CC(=O)N1Cc2cc(Cl)ccc2[C@H](c2ccccc2C)C1. The Morgan fingerprint density at radius 3 is 1.39 bits per heavy atom. The Balaban J connectivity index is 0.000000175. The highest BCUT2D eigenvalue weighted by atomic mass is 35.5. The Hall–Kier alpha value is -4.12. The smallest absolute Gasteiger partial charge is 0.246 e. The van der Waals surface area contributed by atoms with E-state index < -0.39 is 0 Å². The zero-order chi connectivity index (χ0) is 31.4. The topological polar surface area (TPSA) is 40.6 Å². The van der Waals surface area contributed by atoms with Crippen LogP contribution in [-0.4, -0.2) is 34.7 Å². The maximum atomic E-state index is 12.1. The summed E-state index contributed by atoms with van der Waals surface area (Å²) < 4.78 is 0. The van der Waals surface area contributed by atoms with Crippen molar-refractivity contribution in [2.45, 2.75) is 38.8 Å². The Morgan fingerprint density at radius 1 is 0.636 bits per heavy atom. The highest BCUT2D eigenvalue weighted by molar-refractivity contribution is 6.31. The third kappa shape index (κ3) is 6.67. The van der Waals surface area contributed by atoms with Crippen molar-refractivity contribution >= 4 is 35.0 Å². The van der Waals surface area contributed by atoms with Gasteiger partial charge in [0.15, 0.2) is 0 Å². The van der Waals surface area contributed by atoms with Gasteiger partial charge in [0.1, 0.15) is 0 Å². The zero-order valence-corrected chi connectivity index (χ0v) is 26.6. The normalized spacial score (nSPS) is 17.0. The average molecular weight is 624 g/mol. The molecule has 0 aliphatic carbocycles. The molecule has 4 nitrogen and oxygen atoms in total. The van der Waals surface area contributed by atoms with Gasteiger partial charge in [-0.3, -0.25) is 9.59 Å². The second kappa shape index (κ2) is 13.7. The molecule has 0 fully saturated rings. The third-order valence-corrected chi connectivity index (χ3v) is 9.06. The number of hydrogen-bond donors (Lipinski definition) is 0. The van der Waals surface area contributed by atoms with Crippen LogP contribution in [0.2, 0.25) is 10.0 Å². The molecular weight excluding hydrogens is 587 g/mol. The van der Waals surface area contributed by atoms with Crippen LogP contribution >= 0.6 is 23.2 Å². The standard InChI is InChI=1S/2C19H18ClNO/c2*1-3-19(22)21-11-14-10-15(20)8-9-17(14)18(12-21)16-7-5-4-6-13(16)2/h2*3-10,18H,1,11-12H2,2H3/t2*18-/m10/s1. The molecule has 4 aromatic carbocycles. The lowest BCUT2D eigenvalue weighted by Gasteiger charge is -2.35. The molecule has 0 radical (unpaired) electrons. The number of nitrogens with zero attached hydrogens (tertiary/aromatic N) is 2. The summed E-state index contributed by atoms with van der Waals surface area (Å²) in [5, 5.41) is 1.41. The molecule has 0 spiro atoms. The summed E-state index contributed by atoms with van der Waals surface area (Å²) in [6.45, 7) is 14.0. The van der Waals surface area contributed by atoms with Crippen LogP contribution in [0.25, 0.3) is 0 Å². The number of hydrogen-bond acceptors (Lipinski definition) is 2. The van der Waals surface area contributed by atoms with Crippen molar-refractivity contribution < 1.29 is 9.59 Å². The minimum Gasteiger partial charge on any atom is -0.334 e. The van der Waals surface area contributed by atoms with Gasteiger partial charge in [-0.25, -0.2) is 0 Å². The number of halogens is 2. The molecule has 0 aromatic heterocycles. The highest BCUT2D eigenvalue weighted by Crippen LogP contribution is 2.37. The molecule has 2 atom stereocenters. The largest absolute Gasteiger partial charge is 0.334 e. The lowest BCUT2D eigenvalue weighted by Crippen LogP contribution is -2.37. The van der Waals surface area contributed by atoms with E-state index in [1.807, 2.05) is 58.3 Å². The van der Waals surface area contributed by atoms with Crippen molar-refractivity contribution in [2.24, 2.45) is 0 Å². The lowest BCUT2D eigenvalue weighted by molar-refractivity contribution is -0.127. The maximum absolute atomic E-state index is 12.1. The van der Waals surface area contributed by atoms with Gasteiger partial charge in [-0.15, -0.1) is 0 Å². The Labute approximate surface area is 270 Å². The molecule has 224 valence electrons. The molecule has 0 saturated heterocycles. The number of fused-ring (bicyclic) bond motifs is 2. The van der Waals surface area contributed by atoms with Gasteiger partial charge in [-0.2, -0.15) is 0 Å². The minimum absolute atomic E-state index is 0.0378. The number of carbonyl (C=O) groups excluding carboxylic acids is 2. The number of benzene rings is 4. The summed E-state index contributed by atoms with van der Waals surface area (Å²) >= 11 is 12.3. The summed E-state index contributed by atoms with van der Waals surface area (Å²) in [6, 6.07) is 28.6. The molecule has 2 heterocycles. The van der Waals surface area contributed by atoms with E-state index in [1.165, 1.54) is 45.5 Å². The maximum Gasteiger partial charge on any atom is 0.246 e. The first-order chi connectivity index (χ1) is 21.2. The second-order valence-electron chi connectivity index (χ2n) is 11.4. The van der Waals surface area contributed by atoms with Crippen LogP contribution in [0.15, 0.2) is 110 Å². The summed E-state index contributed by atoms with van der Waals surface area (Å²) in [4.78, 5) is 27.9. The average Bonchev–Trinajstić information content (AvgIpc) is 3.03. The van der Waals surface area contributed by atoms with Crippen LogP contribution in [-0.2, 0) is 22.7 Å². The summed E-state index contributed by atoms with van der Waals surface area (Å²) in [5.41, 5.74) is 9.73. The van der Waals surface area contributed by atoms with Crippen LogP contribution in [0.4, 0.5) is 0 Å². The molecule has 0 N–H and O–H groups in total. The fraction of sp³-hybridized carbons (Fsp3) is 0.211. The van der Waals surface area contributed by atoms with E-state index in [0.717, 1.165) is 11.1 Å². The fourth-order valence-electron chi connectivity index (χ4n) is 6.36. The first kappa shape index (κ1) is 31.3. The van der Waals surface area contributed by atoms with E-state index >= 15 is 0 Å². The van der Waals surface area contributed by atoms with Crippen molar-refractivity contribution in [3.63, 3.8) is 0 Å². The molecule has 2 amide bonds. The number of aryl methyl sites for hydroxylation is 2. The predicted octanol–water partition coefficient (Wildman–Crippen LogP) is 8.62. The monoisotopic (exact) mass is 622 g/mol. The number of carbonyl (C=O) groups is 2. The Kier molecular flexibility index (Phi) is 9.73. The summed E-state index contributed by atoms with van der Waals surface area (Å²) in [7, 11) is 0. The van der Waals surface area contributed by atoms with Crippen molar-refractivity contribution in [2.75, 3.05) is 13.1 Å². The van der Waals surface area contributed by atoms with Gasteiger partial charge in [0.05, 0.1) is 0 Å². The van der Waals surface area contributed by atoms with Gasteiger partial charge in [0.25, 0.3) is 0 Å². The van der Waals surface area contributed by atoms with Gasteiger partial charge in [0.2, 0.25) is 11.8 Å². The van der Waals surface area contributed by atoms with Gasteiger partial charge < -0.3 is 9.80 Å². The van der Waals surface area contributed by atoms with Crippen molar-refractivity contribution in [1.29, 1.82) is 0 Å². The van der Waals surface area contributed by atoms with Crippen LogP contribution in [0.5, 0.6) is 0 Å². The zero-order valence-electron chi connectivity index (χ0n) is 25.1. The van der Waals surface area contributed by atoms with E-state index in [2.05, 4.69) is 63.4 Å². The van der Waals surface area contributed by atoms with E-state index in [0.29, 0.717) is 36.2 Å². The molecule has 2 aliphatic rings. The van der Waals surface area contributed by atoms with Crippen LogP contribution < -0.4 is 0 Å². The first-order valence-electron chi connectivity index (χ1n) is 14.7. The van der Waals surface area contributed by atoms with E-state index in [-0.39, 0.29) is 23.7 Å². The third-order valence-electron chi connectivity index (χ3n) is 8.59. The molecule has 4 aromatic rings. The first-order valence-corrected chi connectivity index (χ1v) is 15.5. The van der Waals surface area contributed by atoms with E-state index in [9.17, 15) is 9.59 Å². The van der Waals surface area contributed by atoms with Crippen molar-refractivity contribution in [3.8, 4) is 0 Å². The van der Waals surface area contributed by atoms with E-state index in [4.69, 9.17) is 23.2 Å². The summed E-state index contributed by atoms with van der Waals surface area (Å²) in [5.74, 6) is 0.269. The number of amides is 2. The van der Waals surface area contributed by atoms with Gasteiger partial charge >= 0.3 is 0 Å². The molecule has 6 heteroatoms. The molecular formula is C38H36Cl2N2O2. The van der Waals surface area contributed by atoms with Gasteiger partial charge in [-0.1, -0.05) is 97.0 Å². The van der Waals surface area contributed by atoms with Gasteiger partial charge in [0, 0.05) is 48.1 Å².